The average Bonchev–Trinajstić information content (AvgIpc) is 3.15. The number of carboxylic acids is 1. The molecule has 2 amide bonds. The molecule has 2 N–H and O–H groups in total. The van der Waals surface area contributed by atoms with Gasteiger partial charge in [-0.1, -0.05) is 37.9 Å². The average molecular weight is 439 g/mol. The molecule has 1 heterocycles. The fourth-order valence-electron chi connectivity index (χ4n) is 3.73. The molecule has 1 aliphatic heterocycles. The van der Waals surface area contributed by atoms with E-state index in [2.05, 4.69) is 5.32 Å². The van der Waals surface area contributed by atoms with Gasteiger partial charge >= 0.3 is 43.7 Å². The zero-order valence-electron chi connectivity index (χ0n) is 16.8. The Labute approximate surface area is 200 Å². The van der Waals surface area contributed by atoms with Crippen molar-refractivity contribution in [3.8, 4) is 0 Å². The minimum absolute atomic E-state index is 0. The maximum atomic E-state index is 12.5. The Bertz CT molecular complexity index is 583. The fraction of sp³-hybridized carbons (Fsp3) is 0.789. The Morgan fingerprint density at radius 3 is 2.32 bits per heavy atom. The van der Waals surface area contributed by atoms with Crippen molar-refractivity contribution in [1.82, 2.24) is 10.2 Å². The molecule has 7 nitrogen and oxygen atoms in total. The normalized spacial score (nSPS) is 22.1. The van der Waals surface area contributed by atoms with Gasteiger partial charge in [-0.25, -0.2) is 4.79 Å². The Kier molecular flexibility index (Phi) is 11.4. The van der Waals surface area contributed by atoms with Gasteiger partial charge in [-0.2, -0.15) is 0 Å². The Hall–Kier alpha value is -0.310. The maximum Gasteiger partial charge on any atom is 2.00 e. The topological polar surface area (TPSA) is 104 Å². The van der Waals surface area contributed by atoms with E-state index in [-0.39, 0.29) is 66.3 Å². The molecule has 2 aliphatic rings. The van der Waals surface area contributed by atoms with Gasteiger partial charge in [-0.05, 0) is 32.6 Å². The molecular formula is C19H30CaN2O5S+2. The summed E-state index contributed by atoms with van der Waals surface area (Å²) in [6, 6.07) is -1.35. The monoisotopic (exact) mass is 438 g/mol. The first-order chi connectivity index (χ1) is 12.8. The van der Waals surface area contributed by atoms with E-state index in [0.29, 0.717) is 19.4 Å². The summed E-state index contributed by atoms with van der Waals surface area (Å²) in [7, 11) is 0. The first-order valence-electron chi connectivity index (χ1n) is 9.81. The van der Waals surface area contributed by atoms with Crippen LogP contribution in [0.5, 0.6) is 0 Å². The Morgan fingerprint density at radius 2 is 1.71 bits per heavy atom. The molecule has 3 atom stereocenters. The van der Waals surface area contributed by atoms with Crippen LogP contribution in [0.15, 0.2) is 0 Å². The number of hydrogen-bond donors (Lipinski definition) is 2. The minimum Gasteiger partial charge on any atom is -0.480 e. The van der Waals surface area contributed by atoms with E-state index in [0.717, 1.165) is 37.4 Å². The maximum absolute atomic E-state index is 12.5. The summed E-state index contributed by atoms with van der Waals surface area (Å²) in [5.74, 6) is -1.41. The van der Waals surface area contributed by atoms with Gasteiger partial charge in [0.15, 0.2) is 0 Å². The predicted octanol–water partition coefficient (Wildman–Crippen LogP) is 1.66. The molecule has 1 saturated heterocycles. The van der Waals surface area contributed by atoms with Crippen molar-refractivity contribution in [2.45, 2.75) is 70.9 Å². The first-order valence-corrected chi connectivity index (χ1v) is 10.8. The summed E-state index contributed by atoms with van der Waals surface area (Å²) in [6.45, 7) is 3.83. The van der Waals surface area contributed by atoms with Crippen LogP contribution in [0.1, 0.15) is 58.8 Å². The number of hydrogen-bond acceptors (Lipinski definition) is 5. The molecule has 0 bridgehead atoms. The van der Waals surface area contributed by atoms with Gasteiger partial charge in [0.1, 0.15) is 6.04 Å². The van der Waals surface area contributed by atoms with Gasteiger partial charge in [0.25, 0.3) is 0 Å². The summed E-state index contributed by atoms with van der Waals surface area (Å²) in [6.07, 6.45) is 6.21. The third-order valence-corrected chi connectivity index (χ3v) is 6.71. The van der Waals surface area contributed by atoms with Crippen molar-refractivity contribution in [1.29, 1.82) is 0 Å². The minimum atomic E-state index is -0.976. The SMILES string of the molecule is C[C@H](CSC(=O)[C@@H](C)NC(=O)C1CCCCC1)C(=O)N1CCC[C@H]1C(=O)O.[Ca+2]. The van der Waals surface area contributed by atoms with Crippen LogP contribution < -0.4 is 5.32 Å². The summed E-state index contributed by atoms with van der Waals surface area (Å²) in [5.41, 5.74) is 0. The van der Waals surface area contributed by atoms with Crippen LogP contribution in [0.2, 0.25) is 0 Å². The standard InChI is InChI=1S/C19H30N2O5S.Ca/c1-12(17(23)21-10-6-9-15(21)18(24)25)11-27-19(26)13(2)20-16(22)14-7-4-3-5-8-14;/h12-15H,3-11H2,1-2H3,(H,20,22)(H,24,25);/q;+2/t12-,13-,15+;/m1./s1. The van der Waals surface area contributed by atoms with Crippen LogP contribution in [0, 0.1) is 11.8 Å². The Morgan fingerprint density at radius 1 is 1.07 bits per heavy atom. The number of carbonyl (C=O) groups is 4. The van der Waals surface area contributed by atoms with Crippen LogP contribution in [0.4, 0.5) is 0 Å². The van der Waals surface area contributed by atoms with Crippen LogP contribution in [-0.4, -0.2) is 95.0 Å². The molecular weight excluding hydrogens is 408 g/mol. The second kappa shape index (κ2) is 12.4. The van der Waals surface area contributed by atoms with E-state index in [4.69, 9.17) is 0 Å². The molecule has 152 valence electrons. The third kappa shape index (κ3) is 7.18. The van der Waals surface area contributed by atoms with E-state index < -0.39 is 24.0 Å². The van der Waals surface area contributed by atoms with Crippen LogP contribution in [0.3, 0.4) is 0 Å². The largest absolute Gasteiger partial charge is 2.00 e. The van der Waals surface area contributed by atoms with Crippen molar-refractivity contribution in [3.05, 3.63) is 0 Å². The number of carboxylic acid groups (broad SMARTS) is 1. The van der Waals surface area contributed by atoms with Gasteiger partial charge in [-0.15, -0.1) is 0 Å². The van der Waals surface area contributed by atoms with E-state index >= 15 is 0 Å². The summed E-state index contributed by atoms with van der Waals surface area (Å²) >= 11 is 1.03. The number of likely N-dealkylation sites (tertiary alicyclic amines) is 1. The van der Waals surface area contributed by atoms with Gasteiger partial charge in [0.05, 0.1) is 6.04 Å². The number of rotatable bonds is 7. The van der Waals surface area contributed by atoms with Crippen molar-refractivity contribution in [2.75, 3.05) is 12.3 Å². The number of amides is 2. The molecule has 1 saturated carbocycles. The number of nitrogens with zero attached hydrogens (tertiary/aromatic N) is 1. The van der Waals surface area contributed by atoms with Crippen LogP contribution >= 0.6 is 11.8 Å². The van der Waals surface area contributed by atoms with Crippen molar-refractivity contribution < 1.29 is 24.3 Å². The van der Waals surface area contributed by atoms with Crippen molar-refractivity contribution in [3.63, 3.8) is 0 Å². The van der Waals surface area contributed by atoms with Gasteiger partial charge in [0, 0.05) is 24.1 Å². The number of carbonyl (C=O) groups excluding carboxylic acids is 3. The summed E-state index contributed by atoms with van der Waals surface area (Å²) in [4.78, 5) is 49.7. The van der Waals surface area contributed by atoms with Gasteiger partial charge < -0.3 is 15.3 Å². The molecule has 2 rings (SSSR count). The van der Waals surface area contributed by atoms with Crippen molar-refractivity contribution in [2.24, 2.45) is 11.8 Å². The fourth-order valence-corrected chi connectivity index (χ4v) is 4.59. The quantitative estimate of drug-likeness (QED) is 0.586. The second-order valence-electron chi connectivity index (χ2n) is 7.62. The number of thioether (sulfide) groups is 1. The molecule has 0 aromatic carbocycles. The smallest absolute Gasteiger partial charge is 0.480 e. The van der Waals surface area contributed by atoms with Crippen LogP contribution in [0.25, 0.3) is 0 Å². The Balaban J connectivity index is 0.00000392. The van der Waals surface area contributed by atoms with Gasteiger partial charge in [-0.3, -0.25) is 14.4 Å². The van der Waals surface area contributed by atoms with Crippen molar-refractivity contribution >= 4 is 72.4 Å². The molecule has 0 spiro atoms. The number of nitrogens with one attached hydrogen (secondary N) is 1. The van der Waals surface area contributed by atoms with E-state index in [1.165, 1.54) is 11.3 Å². The van der Waals surface area contributed by atoms with E-state index in [9.17, 15) is 24.3 Å². The molecule has 0 aromatic heterocycles. The molecule has 0 aromatic rings. The number of aliphatic carboxylic acids is 1. The zero-order valence-corrected chi connectivity index (χ0v) is 19.8. The van der Waals surface area contributed by atoms with E-state index in [1.54, 1.807) is 13.8 Å². The van der Waals surface area contributed by atoms with E-state index in [1.807, 2.05) is 0 Å². The summed E-state index contributed by atoms with van der Waals surface area (Å²) < 4.78 is 0. The zero-order chi connectivity index (χ0) is 20.0. The van der Waals surface area contributed by atoms with Crippen LogP contribution in [-0.2, 0) is 19.2 Å². The molecule has 2 fully saturated rings. The first kappa shape index (κ1) is 25.7. The predicted molar refractivity (Wildman–Crippen MR) is 109 cm³/mol. The second-order valence-corrected chi connectivity index (χ2v) is 8.65. The molecule has 28 heavy (non-hydrogen) atoms. The summed E-state index contributed by atoms with van der Waals surface area (Å²) in [5, 5.41) is 11.8. The molecule has 1 aliphatic carbocycles. The third-order valence-electron chi connectivity index (χ3n) is 5.41. The molecule has 0 unspecified atom stereocenters. The molecule has 9 heteroatoms. The molecule has 0 radical (unpaired) electrons. The van der Waals surface area contributed by atoms with Gasteiger partial charge in [0.2, 0.25) is 16.9 Å².